The van der Waals surface area contributed by atoms with E-state index in [1.165, 1.54) is 0 Å². The highest BCUT2D eigenvalue weighted by atomic mass is 32.1. The molecule has 0 saturated carbocycles. The van der Waals surface area contributed by atoms with E-state index in [2.05, 4.69) is 29.3 Å². The summed E-state index contributed by atoms with van der Waals surface area (Å²) in [5.41, 5.74) is 0. The lowest BCUT2D eigenvalue weighted by Crippen LogP contribution is -2.29. The second-order valence-corrected chi connectivity index (χ2v) is 5.76. The molecule has 0 bridgehead atoms. The van der Waals surface area contributed by atoms with Crippen molar-refractivity contribution in [3.63, 3.8) is 0 Å². The molecule has 0 saturated heterocycles. The molecule has 0 aromatic carbocycles. The Morgan fingerprint density at radius 1 is 1.44 bits per heavy atom. The molecule has 2 rings (SSSR count). The Morgan fingerprint density at radius 2 is 2.28 bits per heavy atom. The van der Waals surface area contributed by atoms with Crippen molar-refractivity contribution < 1.29 is 4.52 Å². The summed E-state index contributed by atoms with van der Waals surface area (Å²) in [7, 11) is 1.98. The molecule has 0 aliphatic carbocycles. The monoisotopic (exact) mass is 265 g/mol. The van der Waals surface area contributed by atoms with Crippen LogP contribution in [0.5, 0.6) is 0 Å². The quantitative estimate of drug-likeness (QED) is 0.872. The molecule has 4 nitrogen and oxygen atoms in total. The van der Waals surface area contributed by atoms with Crippen LogP contribution in [0.25, 0.3) is 10.7 Å². The molecule has 1 N–H and O–H groups in total. The molecule has 18 heavy (non-hydrogen) atoms. The van der Waals surface area contributed by atoms with Gasteiger partial charge in [0.15, 0.2) is 0 Å². The first-order valence-electron chi connectivity index (χ1n) is 6.22. The van der Waals surface area contributed by atoms with Crippen LogP contribution in [0.4, 0.5) is 0 Å². The van der Waals surface area contributed by atoms with Crippen molar-refractivity contribution in [2.45, 2.75) is 32.7 Å². The highest BCUT2D eigenvalue weighted by molar-refractivity contribution is 7.13. The number of hydrogen-bond donors (Lipinski definition) is 1. The van der Waals surface area contributed by atoms with E-state index in [1.807, 2.05) is 24.6 Å². The van der Waals surface area contributed by atoms with Gasteiger partial charge in [-0.1, -0.05) is 25.1 Å². The number of likely N-dealkylation sites (N-methyl/N-ethyl adjacent to an activating group) is 1. The Labute approximate surface area is 111 Å². The molecule has 98 valence electrons. The second kappa shape index (κ2) is 6.11. The van der Waals surface area contributed by atoms with Gasteiger partial charge in [0.2, 0.25) is 11.7 Å². The molecule has 0 aliphatic heterocycles. The molecule has 0 radical (unpaired) electrons. The fraction of sp³-hybridized carbons (Fsp3) is 0.538. The van der Waals surface area contributed by atoms with Crippen LogP contribution in [0.15, 0.2) is 22.0 Å². The highest BCUT2D eigenvalue weighted by Gasteiger charge is 2.15. The van der Waals surface area contributed by atoms with E-state index < -0.39 is 0 Å². The van der Waals surface area contributed by atoms with Crippen molar-refractivity contribution >= 4 is 11.3 Å². The molecule has 0 aliphatic rings. The van der Waals surface area contributed by atoms with E-state index >= 15 is 0 Å². The zero-order valence-electron chi connectivity index (χ0n) is 11.0. The lowest BCUT2D eigenvalue weighted by molar-refractivity contribution is 0.345. The minimum Gasteiger partial charge on any atom is -0.339 e. The average Bonchev–Trinajstić information content (AvgIpc) is 2.97. The summed E-state index contributed by atoms with van der Waals surface area (Å²) in [6, 6.07) is 4.38. The van der Waals surface area contributed by atoms with Crippen molar-refractivity contribution in [1.29, 1.82) is 0 Å². The molecule has 1 unspecified atom stereocenters. The SMILES string of the molecule is CNC(Cc1nc(-c2cccs2)no1)CC(C)C. The Kier molecular flexibility index (Phi) is 4.49. The predicted molar refractivity (Wildman–Crippen MR) is 73.6 cm³/mol. The maximum Gasteiger partial charge on any atom is 0.228 e. The van der Waals surface area contributed by atoms with Gasteiger partial charge in [-0.05, 0) is 30.8 Å². The highest BCUT2D eigenvalue weighted by Crippen LogP contribution is 2.21. The topological polar surface area (TPSA) is 51.0 Å². The van der Waals surface area contributed by atoms with Gasteiger partial charge in [-0.2, -0.15) is 4.98 Å². The molecule has 1 atom stereocenters. The minimum absolute atomic E-state index is 0.390. The Balaban J connectivity index is 2.01. The average molecular weight is 265 g/mol. The summed E-state index contributed by atoms with van der Waals surface area (Å²) in [6.45, 7) is 4.43. The number of aromatic nitrogens is 2. The first-order chi connectivity index (χ1) is 8.69. The van der Waals surface area contributed by atoms with Gasteiger partial charge in [0.1, 0.15) is 0 Å². The third-order valence-electron chi connectivity index (χ3n) is 2.79. The van der Waals surface area contributed by atoms with Crippen LogP contribution in [0.1, 0.15) is 26.2 Å². The summed E-state index contributed by atoms with van der Waals surface area (Å²) in [4.78, 5) is 5.49. The summed E-state index contributed by atoms with van der Waals surface area (Å²) < 4.78 is 5.31. The lowest BCUT2D eigenvalue weighted by atomic mass is 10.0. The van der Waals surface area contributed by atoms with Crippen molar-refractivity contribution in [1.82, 2.24) is 15.5 Å². The molecule has 2 aromatic heterocycles. The van der Waals surface area contributed by atoms with Crippen LogP contribution >= 0.6 is 11.3 Å². The molecule has 0 amide bonds. The molecule has 2 heterocycles. The molecule has 0 spiro atoms. The van der Waals surface area contributed by atoms with Gasteiger partial charge in [-0.3, -0.25) is 0 Å². The van der Waals surface area contributed by atoms with Crippen molar-refractivity contribution in [3.05, 3.63) is 23.4 Å². The van der Waals surface area contributed by atoms with E-state index in [0.29, 0.717) is 23.7 Å². The molecular weight excluding hydrogens is 246 g/mol. The van der Waals surface area contributed by atoms with Crippen LogP contribution in [-0.2, 0) is 6.42 Å². The summed E-state index contributed by atoms with van der Waals surface area (Å²) in [5, 5.41) is 9.34. The Hall–Kier alpha value is -1.20. The molecular formula is C13H19N3OS. The maximum absolute atomic E-state index is 5.31. The van der Waals surface area contributed by atoms with Gasteiger partial charge >= 0.3 is 0 Å². The van der Waals surface area contributed by atoms with Crippen LogP contribution in [0.3, 0.4) is 0 Å². The first kappa shape index (κ1) is 13.2. The molecule has 5 heteroatoms. The van der Waals surface area contributed by atoms with Gasteiger partial charge in [0, 0.05) is 12.5 Å². The van der Waals surface area contributed by atoms with Gasteiger partial charge in [0.25, 0.3) is 0 Å². The summed E-state index contributed by atoms with van der Waals surface area (Å²) in [5.74, 6) is 2.06. The Bertz CT molecular complexity index is 464. The van der Waals surface area contributed by atoms with Gasteiger partial charge in [0.05, 0.1) is 4.88 Å². The Morgan fingerprint density at radius 3 is 2.89 bits per heavy atom. The zero-order chi connectivity index (χ0) is 13.0. The van der Waals surface area contributed by atoms with E-state index in [9.17, 15) is 0 Å². The fourth-order valence-corrected chi connectivity index (χ4v) is 2.58. The molecule has 2 aromatic rings. The fourth-order valence-electron chi connectivity index (χ4n) is 1.93. The van der Waals surface area contributed by atoms with Gasteiger partial charge in [-0.25, -0.2) is 0 Å². The number of rotatable bonds is 6. The van der Waals surface area contributed by atoms with E-state index in [0.717, 1.165) is 17.7 Å². The van der Waals surface area contributed by atoms with Gasteiger partial charge < -0.3 is 9.84 Å². The summed E-state index contributed by atoms with van der Waals surface area (Å²) >= 11 is 1.62. The van der Waals surface area contributed by atoms with Crippen LogP contribution in [0, 0.1) is 5.92 Å². The van der Waals surface area contributed by atoms with Crippen molar-refractivity contribution in [2.24, 2.45) is 5.92 Å². The van der Waals surface area contributed by atoms with E-state index in [4.69, 9.17) is 4.52 Å². The summed E-state index contributed by atoms with van der Waals surface area (Å²) in [6.07, 6.45) is 1.89. The smallest absolute Gasteiger partial charge is 0.228 e. The van der Waals surface area contributed by atoms with E-state index in [1.54, 1.807) is 11.3 Å². The molecule has 0 fully saturated rings. The number of thiophene rings is 1. The standard InChI is InChI=1S/C13H19N3OS/c1-9(2)7-10(14-3)8-12-15-13(16-17-12)11-5-4-6-18-11/h4-6,9-10,14H,7-8H2,1-3H3. The normalized spacial score (nSPS) is 13.1. The van der Waals surface area contributed by atoms with Crippen LogP contribution < -0.4 is 5.32 Å². The third kappa shape index (κ3) is 3.40. The van der Waals surface area contributed by atoms with Crippen LogP contribution in [-0.4, -0.2) is 23.2 Å². The predicted octanol–water partition coefficient (Wildman–Crippen LogP) is 2.97. The van der Waals surface area contributed by atoms with Crippen LogP contribution in [0.2, 0.25) is 0 Å². The van der Waals surface area contributed by atoms with Gasteiger partial charge in [-0.15, -0.1) is 11.3 Å². The minimum atomic E-state index is 0.390. The number of nitrogens with one attached hydrogen (secondary N) is 1. The largest absolute Gasteiger partial charge is 0.339 e. The van der Waals surface area contributed by atoms with Crippen molar-refractivity contribution in [3.8, 4) is 10.7 Å². The second-order valence-electron chi connectivity index (χ2n) is 4.81. The number of hydrogen-bond acceptors (Lipinski definition) is 5. The maximum atomic E-state index is 5.31. The zero-order valence-corrected chi connectivity index (χ0v) is 11.8. The first-order valence-corrected chi connectivity index (χ1v) is 7.10. The number of nitrogens with zero attached hydrogens (tertiary/aromatic N) is 2. The van der Waals surface area contributed by atoms with Crippen molar-refractivity contribution in [2.75, 3.05) is 7.05 Å². The van der Waals surface area contributed by atoms with E-state index in [-0.39, 0.29) is 0 Å². The lowest BCUT2D eigenvalue weighted by Gasteiger charge is -2.15. The third-order valence-corrected chi connectivity index (χ3v) is 3.66.